The van der Waals surface area contributed by atoms with Crippen LogP contribution in [0.4, 0.5) is 5.69 Å². The molecule has 5 nitrogen and oxygen atoms in total. The topological polar surface area (TPSA) is 70.6 Å². The van der Waals surface area contributed by atoms with Gasteiger partial charge in [-0.2, -0.15) is 5.10 Å². The zero-order chi connectivity index (χ0) is 18.2. The van der Waals surface area contributed by atoms with Crippen LogP contribution in [0.25, 0.3) is 0 Å². The third kappa shape index (κ3) is 6.33. The Morgan fingerprint density at radius 2 is 1.92 bits per heavy atom. The van der Waals surface area contributed by atoms with Crippen LogP contribution in [0.15, 0.2) is 29.4 Å². The maximum absolute atomic E-state index is 12.4. The van der Waals surface area contributed by atoms with Crippen LogP contribution >= 0.6 is 0 Å². The van der Waals surface area contributed by atoms with Crippen LogP contribution in [-0.2, 0) is 9.59 Å². The van der Waals surface area contributed by atoms with Gasteiger partial charge in [0.25, 0.3) is 0 Å². The molecule has 0 aliphatic heterocycles. The molecule has 1 aliphatic rings. The predicted molar refractivity (Wildman–Crippen MR) is 101 cm³/mol. The SMILES string of the molecule is C/C(=N/NC(=O)CC(C)C)c1cccc(NC(=O)C2CCCCC2)c1. The lowest BCUT2D eigenvalue weighted by molar-refractivity contribution is -0.122. The minimum absolute atomic E-state index is 0.0869. The van der Waals surface area contributed by atoms with Gasteiger partial charge >= 0.3 is 0 Å². The summed E-state index contributed by atoms with van der Waals surface area (Å²) in [7, 11) is 0. The van der Waals surface area contributed by atoms with E-state index in [2.05, 4.69) is 15.8 Å². The van der Waals surface area contributed by atoms with Crippen molar-refractivity contribution in [2.75, 3.05) is 5.32 Å². The lowest BCUT2D eigenvalue weighted by Crippen LogP contribution is -2.24. The molecule has 1 aromatic carbocycles. The first kappa shape index (κ1) is 19.2. The Morgan fingerprint density at radius 3 is 2.60 bits per heavy atom. The van der Waals surface area contributed by atoms with Gasteiger partial charge in [-0.1, -0.05) is 45.2 Å². The van der Waals surface area contributed by atoms with E-state index in [4.69, 9.17) is 0 Å². The van der Waals surface area contributed by atoms with Crippen molar-refractivity contribution in [3.8, 4) is 0 Å². The number of anilines is 1. The number of hydrogen-bond donors (Lipinski definition) is 2. The smallest absolute Gasteiger partial charge is 0.240 e. The van der Waals surface area contributed by atoms with Gasteiger partial charge in [0, 0.05) is 18.0 Å². The third-order valence-electron chi connectivity index (χ3n) is 4.47. The van der Waals surface area contributed by atoms with E-state index >= 15 is 0 Å². The molecule has 0 unspecified atom stereocenters. The van der Waals surface area contributed by atoms with Crippen LogP contribution in [0.3, 0.4) is 0 Å². The van der Waals surface area contributed by atoms with Crippen LogP contribution in [-0.4, -0.2) is 17.5 Å². The molecular weight excluding hydrogens is 314 g/mol. The lowest BCUT2D eigenvalue weighted by Gasteiger charge is -2.20. The number of nitrogens with zero attached hydrogens (tertiary/aromatic N) is 1. The second kappa shape index (κ2) is 9.35. The normalized spacial score (nSPS) is 15.9. The summed E-state index contributed by atoms with van der Waals surface area (Å²) >= 11 is 0. The molecule has 2 amide bonds. The maximum Gasteiger partial charge on any atom is 0.240 e. The average Bonchev–Trinajstić information content (AvgIpc) is 2.60. The Hall–Kier alpha value is -2.17. The molecule has 0 bridgehead atoms. The van der Waals surface area contributed by atoms with E-state index in [-0.39, 0.29) is 17.7 Å². The molecule has 1 aliphatic carbocycles. The molecule has 0 atom stereocenters. The monoisotopic (exact) mass is 343 g/mol. The fraction of sp³-hybridized carbons (Fsp3) is 0.550. The summed E-state index contributed by atoms with van der Waals surface area (Å²) in [6, 6.07) is 7.59. The second-order valence-corrected chi connectivity index (χ2v) is 7.24. The van der Waals surface area contributed by atoms with Gasteiger partial charge < -0.3 is 5.32 Å². The van der Waals surface area contributed by atoms with Crippen molar-refractivity contribution in [2.45, 2.75) is 59.3 Å². The molecule has 1 saturated carbocycles. The van der Waals surface area contributed by atoms with Crippen molar-refractivity contribution in [2.24, 2.45) is 16.9 Å². The highest BCUT2D eigenvalue weighted by Crippen LogP contribution is 2.25. The van der Waals surface area contributed by atoms with Gasteiger partial charge in [0.05, 0.1) is 5.71 Å². The number of benzene rings is 1. The quantitative estimate of drug-likeness (QED) is 0.603. The number of amides is 2. The average molecular weight is 343 g/mol. The van der Waals surface area contributed by atoms with Crippen molar-refractivity contribution in [3.63, 3.8) is 0 Å². The zero-order valence-electron chi connectivity index (χ0n) is 15.5. The first-order valence-corrected chi connectivity index (χ1v) is 9.20. The van der Waals surface area contributed by atoms with E-state index < -0.39 is 0 Å². The molecule has 136 valence electrons. The van der Waals surface area contributed by atoms with Crippen LogP contribution in [0.2, 0.25) is 0 Å². The highest BCUT2D eigenvalue weighted by atomic mass is 16.2. The van der Waals surface area contributed by atoms with E-state index in [1.54, 1.807) is 0 Å². The summed E-state index contributed by atoms with van der Waals surface area (Å²) in [6.45, 7) is 5.83. The fourth-order valence-corrected chi connectivity index (χ4v) is 3.06. The molecule has 0 radical (unpaired) electrons. The zero-order valence-corrected chi connectivity index (χ0v) is 15.5. The largest absolute Gasteiger partial charge is 0.326 e. The standard InChI is InChI=1S/C20H29N3O2/c1-14(2)12-19(24)23-22-15(3)17-10-7-11-18(13-17)21-20(25)16-8-5-4-6-9-16/h7,10-11,13-14,16H,4-6,8-9,12H2,1-3H3,(H,21,25)(H,23,24)/b22-15-. The summed E-state index contributed by atoms with van der Waals surface area (Å²) in [6.07, 6.45) is 5.92. The molecule has 0 spiro atoms. The molecular formula is C20H29N3O2. The third-order valence-corrected chi connectivity index (χ3v) is 4.47. The van der Waals surface area contributed by atoms with Gasteiger partial charge in [-0.3, -0.25) is 9.59 Å². The van der Waals surface area contributed by atoms with E-state index in [1.807, 2.05) is 45.0 Å². The van der Waals surface area contributed by atoms with Crippen molar-refractivity contribution in [1.82, 2.24) is 5.43 Å². The molecule has 0 aromatic heterocycles. The first-order chi connectivity index (χ1) is 12.0. The highest BCUT2D eigenvalue weighted by molar-refractivity contribution is 6.01. The van der Waals surface area contributed by atoms with Crippen molar-refractivity contribution in [3.05, 3.63) is 29.8 Å². The lowest BCUT2D eigenvalue weighted by atomic mass is 9.88. The molecule has 2 rings (SSSR count). The number of hydrazone groups is 1. The van der Waals surface area contributed by atoms with E-state index in [0.29, 0.717) is 18.1 Å². The fourth-order valence-electron chi connectivity index (χ4n) is 3.06. The highest BCUT2D eigenvalue weighted by Gasteiger charge is 2.21. The van der Waals surface area contributed by atoms with Gasteiger partial charge in [0.1, 0.15) is 0 Å². The Kier molecular flexibility index (Phi) is 7.16. The van der Waals surface area contributed by atoms with Gasteiger partial charge in [-0.25, -0.2) is 5.43 Å². The molecule has 5 heteroatoms. The summed E-state index contributed by atoms with van der Waals surface area (Å²) < 4.78 is 0. The molecule has 0 heterocycles. The number of rotatable bonds is 6. The van der Waals surface area contributed by atoms with E-state index in [9.17, 15) is 9.59 Å². The van der Waals surface area contributed by atoms with Crippen LogP contribution in [0.5, 0.6) is 0 Å². The molecule has 2 N–H and O–H groups in total. The second-order valence-electron chi connectivity index (χ2n) is 7.24. The summed E-state index contributed by atoms with van der Waals surface area (Å²) in [5.74, 6) is 0.448. The molecule has 1 fully saturated rings. The van der Waals surface area contributed by atoms with E-state index in [1.165, 1.54) is 6.42 Å². The molecule has 0 saturated heterocycles. The minimum Gasteiger partial charge on any atom is -0.326 e. The Bertz CT molecular complexity index is 632. The van der Waals surface area contributed by atoms with Gasteiger partial charge in [-0.05, 0) is 43.4 Å². The summed E-state index contributed by atoms with van der Waals surface area (Å²) in [5.41, 5.74) is 4.95. The van der Waals surface area contributed by atoms with Gasteiger partial charge in [0.15, 0.2) is 0 Å². The first-order valence-electron chi connectivity index (χ1n) is 9.20. The van der Waals surface area contributed by atoms with Gasteiger partial charge in [0.2, 0.25) is 11.8 Å². The summed E-state index contributed by atoms with van der Waals surface area (Å²) in [4.78, 5) is 24.1. The maximum atomic E-state index is 12.4. The predicted octanol–water partition coefficient (Wildman–Crippen LogP) is 4.09. The number of carbonyl (C=O) groups excluding carboxylic acids is 2. The van der Waals surface area contributed by atoms with Crippen LogP contribution in [0.1, 0.15) is 64.9 Å². The summed E-state index contributed by atoms with van der Waals surface area (Å²) in [5, 5.41) is 7.18. The Balaban J connectivity index is 1.97. The van der Waals surface area contributed by atoms with Crippen molar-refractivity contribution >= 4 is 23.2 Å². The molecule has 25 heavy (non-hydrogen) atoms. The van der Waals surface area contributed by atoms with Crippen molar-refractivity contribution in [1.29, 1.82) is 0 Å². The van der Waals surface area contributed by atoms with E-state index in [0.717, 1.165) is 36.9 Å². The van der Waals surface area contributed by atoms with Gasteiger partial charge in [-0.15, -0.1) is 0 Å². The minimum atomic E-state index is -0.0869. The van der Waals surface area contributed by atoms with Crippen molar-refractivity contribution < 1.29 is 9.59 Å². The Morgan fingerprint density at radius 1 is 1.20 bits per heavy atom. The number of hydrogen-bond acceptors (Lipinski definition) is 3. The Labute approximate surface area is 150 Å². The molecule has 1 aromatic rings. The number of nitrogens with one attached hydrogen (secondary N) is 2. The van der Waals surface area contributed by atoms with Crippen LogP contribution in [0, 0.1) is 11.8 Å². The number of carbonyl (C=O) groups is 2. The van der Waals surface area contributed by atoms with Crippen LogP contribution < -0.4 is 10.7 Å².